The fourth-order valence-corrected chi connectivity index (χ4v) is 2.41. The van der Waals surface area contributed by atoms with Crippen LogP contribution in [-0.2, 0) is 7.05 Å². The standard InChI is InChI=1S/C18H16N4O2/c1-12-7-3-4-8-13(12)11-19-20-17(23)16-14-9-5-6-10-15(14)18(24)22(2)21-16/h3-11H,1-2H3,(H,20,23)/b19-11-. The zero-order valence-corrected chi connectivity index (χ0v) is 13.4. The molecule has 0 aliphatic carbocycles. The van der Waals surface area contributed by atoms with Crippen LogP contribution in [-0.4, -0.2) is 21.9 Å². The molecule has 0 bridgehead atoms. The number of amides is 1. The van der Waals surface area contributed by atoms with Gasteiger partial charge in [-0.2, -0.15) is 10.2 Å². The Hall–Kier alpha value is -3.28. The highest BCUT2D eigenvalue weighted by molar-refractivity contribution is 6.04. The van der Waals surface area contributed by atoms with Crippen molar-refractivity contribution in [1.82, 2.24) is 15.2 Å². The fraction of sp³-hybridized carbons (Fsp3) is 0.111. The molecule has 0 spiro atoms. The van der Waals surface area contributed by atoms with Crippen LogP contribution in [0.4, 0.5) is 0 Å². The van der Waals surface area contributed by atoms with Crippen molar-refractivity contribution in [3.63, 3.8) is 0 Å². The summed E-state index contributed by atoms with van der Waals surface area (Å²) in [4.78, 5) is 24.5. The predicted molar refractivity (Wildman–Crippen MR) is 93.2 cm³/mol. The minimum absolute atomic E-state index is 0.162. The van der Waals surface area contributed by atoms with E-state index in [0.29, 0.717) is 10.8 Å². The van der Waals surface area contributed by atoms with Crippen LogP contribution < -0.4 is 11.0 Å². The molecule has 1 heterocycles. The SMILES string of the molecule is Cc1ccccc1/C=N\NC(=O)c1nn(C)c(=O)c2ccccc12. The first-order chi connectivity index (χ1) is 11.6. The zero-order chi connectivity index (χ0) is 17.1. The van der Waals surface area contributed by atoms with Gasteiger partial charge < -0.3 is 0 Å². The maximum atomic E-state index is 12.4. The lowest BCUT2D eigenvalue weighted by Crippen LogP contribution is -2.27. The normalized spacial score (nSPS) is 11.1. The third kappa shape index (κ3) is 2.94. The average Bonchev–Trinajstić information content (AvgIpc) is 2.59. The molecule has 0 atom stereocenters. The first kappa shape index (κ1) is 15.6. The smallest absolute Gasteiger partial charge is 0.267 e. The molecule has 1 amide bonds. The lowest BCUT2D eigenvalue weighted by atomic mass is 10.1. The molecule has 0 fully saturated rings. The Bertz CT molecular complexity index is 1010. The van der Waals surface area contributed by atoms with Gasteiger partial charge in [-0.3, -0.25) is 9.59 Å². The first-order valence-corrected chi connectivity index (χ1v) is 7.43. The number of nitrogens with zero attached hydrogens (tertiary/aromatic N) is 3. The van der Waals surface area contributed by atoms with E-state index < -0.39 is 5.91 Å². The van der Waals surface area contributed by atoms with E-state index in [9.17, 15) is 9.59 Å². The van der Waals surface area contributed by atoms with E-state index in [-0.39, 0.29) is 11.3 Å². The van der Waals surface area contributed by atoms with Crippen LogP contribution in [0.1, 0.15) is 21.6 Å². The summed E-state index contributed by atoms with van der Waals surface area (Å²) in [6, 6.07) is 14.6. The van der Waals surface area contributed by atoms with Crippen LogP contribution in [0.15, 0.2) is 58.4 Å². The van der Waals surface area contributed by atoms with Crippen LogP contribution in [0.2, 0.25) is 0 Å². The van der Waals surface area contributed by atoms with Crippen LogP contribution in [0.5, 0.6) is 0 Å². The number of aromatic nitrogens is 2. The van der Waals surface area contributed by atoms with Gasteiger partial charge in [0.2, 0.25) is 0 Å². The Labute approximate surface area is 138 Å². The van der Waals surface area contributed by atoms with Crippen molar-refractivity contribution in [3.8, 4) is 0 Å². The number of carbonyl (C=O) groups excluding carboxylic acids is 1. The second-order valence-corrected chi connectivity index (χ2v) is 5.38. The number of rotatable bonds is 3. The molecule has 0 aliphatic heterocycles. The van der Waals surface area contributed by atoms with E-state index >= 15 is 0 Å². The van der Waals surface area contributed by atoms with E-state index in [1.54, 1.807) is 30.5 Å². The quantitative estimate of drug-likeness (QED) is 0.592. The van der Waals surface area contributed by atoms with Gasteiger partial charge in [0.25, 0.3) is 11.5 Å². The summed E-state index contributed by atoms with van der Waals surface area (Å²) in [6.45, 7) is 1.96. The van der Waals surface area contributed by atoms with Crippen molar-refractivity contribution < 1.29 is 4.79 Å². The molecular formula is C18H16N4O2. The summed E-state index contributed by atoms with van der Waals surface area (Å²) in [5, 5.41) is 9.00. The number of nitrogens with one attached hydrogen (secondary N) is 1. The molecule has 2 aromatic carbocycles. The van der Waals surface area contributed by atoms with Gasteiger partial charge in [-0.05, 0) is 24.1 Å². The van der Waals surface area contributed by atoms with E-state index in [1.165, 1.54) is 7.05 Å². The van der Waals surface area contributed by atoms with Crippen molar-refractivity contribution in [2.75, 3.05) is 0 Å². The molecule has 0 aliphatic rings. The molecule has 120 valence electrons. The van der Waals surface area contributed by atoms with Crippen LogP contribution >= 0.6 is 0 Å². The molecule has 6 nitrogen and oxygen atoms in total. The molecule has 6 heteroatoms. The summed E-state index contributed by atoms with van der Waals surface area (Å²) >= 11 is 0. The Morgan fingerprint density at radius 3 is 2.54 bits per heavy atom. The number of fused-ring (bicyclic) bond motifs is 1. The number of hydrogen-bond donors (Lipinski definition) is 1. The van der Waals surface area contributed by atoms with Crippen molar-refractivity contribution in [3.05, 3.63) is 75.7 Å². The number of hydrogen-bond acceptors (Lipinski definition) is 4. The van der Waals surface area contributed by atoms with Crippen molar-refractivity contribution in [2.45, 2.75) is 6.92 Å². The summed E-state index contributed by atoms with van der Waals surface area (Å²) in [5.41, 5.74) is 4.35. The van der Waals surface area contributed by atoms with Gasteiger partial charge in [-0.1, -0.05) is 42.5 Å². The number of carbonyl (C=O) groups is 1. The molecule has 0 saturated heterocycles. The molecule has 3 aromatic rings. The minimum Gasteiger partial charge on any atom is -0.267 e. The number of aryl methyl sites for hydroxylation is 2. The number of benzene rings is 2. The molecule has 24 heavy (non-hydrogen) atoms. The third-order valence-electron chi connectivity index (χ3n) is 3.73. The van der Waals surface area contributed by atoms with Gasteiger partial charge in [0.15, 0.2) is 5.69 Å². The van der Waals surface area contributed by atoms with Gasteiger partial charge in [0.1, 0.15) is 0 Å². The van der Waals surface area contributed by atoms with Crippen molar-refractivity contribution >= 4 is 22.9 Å². The fourth-order valence-electron chi connectivity index (χ4n) is 2.41. The van der Waals surface area contributed by atoms with E-state index in [2.05, 4.69) is 15.6 Å². The molecule has 0 radical (unpaired) electrons. The van der Waals surface area contributed by atoms with Crippen LogP contribution in [0.3, 0.4) is 0 Å². The average molecular weight is 320 g/mol. The molecule has 0 unspecified atom stereocenters. The highest BCUT2D eigenvalue weighted by atomic mass is 16.2. The lowest BCUT2D eigenvalue weighted by Gasteiger charge is -2.06. The Morgan fingerprint density at radius 2 is 1.79 bits per heavy atom. The van der Waals surface area contributed by atoms with Crippen LogP contribution in [0.25, 0.3) is 10.8 Å². The Kier molecular flexibility index (Phi) is 4.20. The summed E-state index contributed by atoms with van der Waals surface area (Å²) < 4.78 is 1.16. The minimum atomic E-state index is -0.466. The van der Waals surface area contributed by atoms with Crippen molar-refractivity contribution in [2.24, 2.45) is 12.1 Å². The molecule has 1 N–H and O–H groups in total. The van der Waals surface area contributed by atoms with E-state index in [1.807, 2.05) is 31.2 Å². The van der Waals surface area contributed by atoms with Crippen molar-refractivity contribution in [1.29, 1.82) is 0 Å². The van der Waals surface area contributed by atoms with E-state index in [4.69, 9.17) is 0 Å². The predicted octanol–water partition coefficient (Wildman–Crippen LogP) is 2.01. The van der Waals surface area contributed by atoms with Crippen LogP contribution in [0, 0.1) is 6.92 Å². The van der Waals surface area contributed by atoms with Gasteiger partial charge in [0.05, 0.1) is 11.6 Å². The second-order valence-electron chi connectivity index (χ2n) is 5.38. The summed E-state index contributed by atoms with van der Waals surface area (Å²) in [6.07, 6.45) is 1.58. The Morgan fingerprint density at radius 1 is 1.12 bits per heavy atom. The second kappa shape index (κ2) is 6.45. The largest absolute Gasteiger partial charge is 0.292 e. The van der Waals surface area contributed by atoms with Gasteiger partial charge in [-0.15, -0.1) is 0 Å². The lowest BCUT2D eigenvalue weighted by molar-refractivity contribution is 0.0950. The maximum Gasteiger partial charge on any atom is 0.292 e. The monoisotopic (exact) mass is 320 g/mol. The number of hydrazone groups is 1. The molecule has 0 saturated carbocycles. The summed E-state index contributed by atoms with van der Waals surface area (Å²) in [7, 11) is 1.52. The van der Waals surface area contributed by atoms with Gasteiger partial charge in [-0.25, -0.2) is 10.1 Å². The maximum absolute atomic E-state index is 12.4. The van der Waals surface area contributed by atoms with Gasteiger partial charge >= 0.3 is 0 Å². The highest BCUT2D eigenvalue weighted by Gasteiger charge is 2.14. The highest BCUT2D eigenvalue weighted by Crippen LogP contribution is 2.12. The Balaban J connectivity index is 1.91. The summed E-state index contributed by atoms with van der Waals surface area (Å²) in [5.74, 6) is -0.466. The van der Waals surface area contributed by atoms with Gasteiger partial charge in [0, 0.05) is 12.4 Å². The molecule has 1 aromatic heterocycles. The molecule has 3 rings (SSSR count). The van der Waals surface area contributed by atoms with E-state index in [0.717, 1.165) is 15.8 Å². The molecular weight excluding hydrogens is 304 g/mol. The third-order valence-corrected chi connectivity index (χ3v) is 3.73. The first-order valence-electron chi connectivity index (χ1n) is 7.43. The topological polar surface area (TPSA) is 76.3 Å². The zero-order valence-electron chi connectivity index (χ0n) is 13.4.